The molecule has 1 unspecified atom stereocenters. The molecule has 1 aromatic rings. The molecule has 112 valence electrons. The van der Waals surface area contributed by atoms with Crippen LogP contribution in [0.2, 0.25) is 0 Å². The smallest absolute Gasteiger partial charge is 0.371 e. The number of sulfonamides is 1. The van der Waals surface area contributed by atoms with E-state index in [1.54, 1.807) is 0 Å². The van der Waals surface area contributed by atoms with Crippen LogP contribution in [-0.4, -0.2) is 36.9 Å². The fraction of sp³-hybridized carbons (Fsp3) is 0.615. The number of hydrogen-bond donors (Lipinski definition) is 1. The summed E-state index contributed by atoms with van der Waals surface area (Å²) in [6.07, 6.45) is 2.65. The fourth-order valence-corrected chi connectivity index (χ4v) is 4.10. The van der Waals surface area contributed by atoms with Crippen LogP contribution in [-0.2, 0) is 10.0 Å². The molecule has 7 heteroatoms. The predicted octanol–water partition coefficient (Wildman–Crippen LogP) is 2.10. The Morgan fingerprint density at radius 3 is 2.70 bits per heavy atom. The molecule has 0 saturated carbocycles. The van der Waals surface area contributed by atoms with Crippen LogP contribution in [0.1, 0.15) is 42.5 Å². The zero-order chi connectivity index (χ0) is 14.9. The first-order chi connectivity index (χ1) is 9.32. The van der Waals surface area contributed by atoms with Crippen LogP contribution < -0.4 is 0 Å². The molecule has 1 atom stereocenters. The molecule has 1 aromatic heterocycles. The van der Waals surface area contributed by atoms with Crippen molar-refractivity contribution in [1.29, 1.82) is 0 Å². The molecule has 0 amide bonds. The molecule has 0 radical (unpaired) electrons. The van der Waals surface area contributed by atoms with Crippen LogP contribution in [0.3, 0.4) is 0 Å². The highest BCUT2D eigenvalue weighted by atomic mass is 32.2. The Hall–Kier alpha value is -1.34. The predicted molar refractivity (Wildman–Crippen MR) is 72.2 cm³/mol. The average Bonchev–Trinajstić information content (AvgIpc) is 2.62. The van der Waals surface area contributed by atoms with Crippen molar-refractivity contribution >= 4 is 16.0 Å². The number of nitrogens with zero attached hydrogens (tertiary/aromatic N) is 1. The summed E-state index contributed by atoms with van der Waals surface area (Å²) < 4.78 is 31.6. The van der Waals surface area contributed by atoms with E-state index in [4.69, 9.17) is 9.52 Å². The lowest BCUT2D eigenvalue weighted by Crippen LogP contribution is -2.32. The van der Waals surface area contributed by atoms with Crippen molar-refractivity contribution in [3.05, 3.63) is 17.6 Å². The van der Waals surface area contributed by atoms with E-state index < -0.39 is 16.0 Å². The maximum atomic E-state index is 12.6. The van der Waals surface area contributed by atoms with E-state index in [1.165, 1.54) is 11.2 Å². The van der Waals surface area contributed by atoms with Gasteiger partial charge in [0.1, 0.15) is 10.7 Å². The number of carboxylic acid groups (broad SMARTS) is 1. The van der Waals surface area contributed by atoms with Crippen LogP contribution in [0.15, 0.2) is 15.4 Å². The minimum Gasteiger partial charge on any atom is -0.475 e. The van der Waals surface area contributed by atoms with Gasteiger partial charge in [0.05, 0.1) is 0 Å². The van der Waals surface area contributed by atoms with Crippen molar-refractivity contribution in [2.45, 2.75) is 38.0 Å². The Labute approximate surface area is 118 Å². The van der Waals surface area contributed by atoms with Crippen LogP contribution in [0.25, 0.3) is 0 Å². The number of furan rings is 1. The summed E-state index contributed by atoms with van der Waals surface area (Å²) in [5, 5.41) is 8.88. The highest BCUT2D eigenvalue weighted by Gasteiger charge is 2.31. The van der Waals surface area contributed by atoms with Gasteiger partial charge in [-0.2, -0.15) is 4.31 Å². The second kappa shape index (κ2) is 5.57. The molecule has 1 aliphatic rings. The fourth-order valence-electron chi connectivity index (χ4n) is 2.44. The summed E-state index contributed by atoms with van der Waals surface area (Å²) in [4.78, 5) is 10.8. The first kappa shape index (κ1) is 15.1. The van der Waals surface area contributed by atoms with Crippen molar-refractivity contribution in [3.63, 3.8) is 0 Å². The van der Waals surface area contributed by atoms with Crippen LogP contribution >= 0.6 is 0 Å². The molecule has 1 aliphatic heterocycles. The number of rotatable bonds is 3. The molecule has 6 nitrogen and oxygen atoms in total. The van der Waals surface area contributed by atoms with Gasteiger partial charge in [0, 0.05) is 19.2 Å². The lowest BCUT2D eigenvalue weighted by molar-refractivity contribution is 0.0661. The molecule has 0 aliphatic carbocycles. The van der Waals surface area contributed by atoms with E-state index in [9.17, 15) is 13.2 Å². The maximum Gasteiger partial charge on any atom is 0.371 e. The second-order valence-corrected chi connectivity index (χ2v) is 7.18. The van der Waals surface area contributed by atoms with E-state index in [0.717, 1.165) is 25.3 Å². The molecule has 1 N–H and O–H groups in total. The van der Waals surface area contributed by atoms with Crippen molar-refractivity contribution < 1.29 is 22.7 Å². The molecule has 0 bridgehead atoms. The van der Waals surface area contributed by atoms with Crippen LogP contribution in [0.5, 0.6) is 0 Å². The number of carboxylic acids is 1. The summed E-state index contributed by atoms with van der Waals surface area (Å²) in [6.45, 7) is 4.53. The lowest BCUT2D eigenvalue weighted by atomic mass is 10.0. The second-order valence-electron chi connectivity index (χ2n) is 5.28. The Morgan fingerprint density at radius 1 is 1.40 bits per heavy atom. The third-order valence-electron chi connectivity index (χ3n) is 3.68. The largest absolute Gasteiger partial charge is 0.475 e. The highest BCUT2D eigenvalue weighted by Crippen LogP contribution is 2.27. The van der Waals surface area contributed by atoms with Gasteiger partial charge < -0.3 is 9.52 Å². The van der Waals surface area contributed by atoms with Crippen molar-refractivity contribution in [2.24, 2.45) is 5.92 Å². The molecule has 1 saturated heterocycles. The zero-order valence-corrected chi connectivity index (χ0v) is 12.4. The molecular weight excluding hydrogens is 282 g/mol. The van der Waals surface area contributed by atoms with Gasteiger partial charge in [-0.1, -0.05) is 6.92 Å². The molecular formula is C13H19NO5S. The van der Waals surface area contributed by atoms with Gasteiger partial charge in [-0.3, -0.25) is 0 Å². The number of hydrogen-bond acceptors (Lipinski definition) is 4. The van der Waals surface area contributed by atoms with Gasteiger partial charge in [-0.25, -0.2) is 13.2 Å². The summed E-state index contributed by atoms with van der Waals surface area (Å²) in [7, 11) is -3.68. The van der Waals surface area contributed by atoms with Gasteiger partial charge in [0.15, 0.2) is 0 Å². The van der Waals surface area contributed by atoms with Gasteiger partial charge >= 0.3 is 5.97 Å². The van der Waals surface area contributed by atoms with Crippen molar-refractivity contribution in [1.82, 2.24) is 4.31 Å². The highest BCUT2D eigenvalue weighted by molar-refractivity contribution is 7.89. The number of aromatic carboxylic acids is 1. The monoisotopic (exact) mass is 301 g/mol. The summed E-state index contributed by atoms with van der Waals surface area (Å²) >= 11 is 0. The Bertz CT molecular complexity index is 604. The summed E-state index contributed by atoms with van der Waals surface area (Å²) in [5.41, 5.74) is 0. The van der Waals surface area contributed by atoms with E-state index in [0.29, 0.717) is 19.0 Å². The average molecular weight is 301 g/mol. The molecule has 2 rings (SSSR count). The zero-order valence-electron chi connectivity index (χ0n) is 11.6. The van der Waals surface area contributed by atoms with E-state index in [-0.39, 0.29) is 16.4 Å². The first-order valence-electron chi connectivity index (χ1n) is 6.66. The van der Waals surface area contributed by atoms with Gasteiger partial charge in [0.2, 0.25) is 15.8 Å². The summed E-state index contributed by atoms with van der Waals surface area (Å²) in [5.74, 6) is -0.974. The van der Waals surface area contributed by atoms with E-state index >= 15 is 0 Å². The van der Waals surface area contributed by atoms with Crippen LogP contribution in [0, 0.1) is 12.8 Å². The quantitative estimate of drug-likeness (QED) is 0.923. The molecule has 2 heterocycles. The topological polar surface area (TPSA) is 87.8 Å². The van der Waals surface area contributed by atoms with E-state index in [2.05, 4.69) is 6.92 Å². The minimum atomic E-state index is -3.68. The van der Waals surface area contributed by atoms with Crippen LogP contribution in [0.4, 0.5) is 0 Å². The standard InChI is InChI=1S/C13H19NO5S/c1-9-4-3-6-14(7-5-9)20(17,18)12-8-11(13(15)16)19-10(12)2/h8-9H,3-7H2,1-2H3,(H,15,16). The maximum absolute atomic E-state index is 12.6. The SMILES string of the molecule is Cc1oc(C(=O)O)cc1S(=O)(=O)N1CCCC(C)CC1. The van der Waals surface area contributed by atoms with Gasteiger partial charge in [-0.05, 0) is 32.1 Å². The Balaban J connectivity index is 2.32. The van der Waals surface area contributed by atoms with Gasteiger partial charge in [-0.15, -0.1) is 0 Å². The number of aryl methyl sites for hydroxylation is 1. The Morgan fingerprint density at radius 2 is 2.10 bits per heavy atom. The summed E-state index contributed by atoms with van der Waals surface area (Å²) in [6, 6.07) is 1.10. The molecule has 20 heavy (non-hydrogen) atoms. The minimum absolute atomic E-state index is 0.0375. The lowest BCUT2D eigenvalue weighted by Gasteiger charge is -2.19. The third kappa shape index (κ3) is 2.88. The normalized spacial score (nSPS) is 21.6. The van der Waals surface area contributed by atoms with E-state index in [1.807, 2.05) is 0 Å². The molecule has 0 spiro atoms. The Kier molecular flexibility index (Phi) is 4.19. The number of carbonyl (C=O) groups is 1. The van der Waals surface area contributed by atoms with Crippen molar-refractivity contribution in [3.8, 4) is 0 Å². The molecule has 0 aromatic carbocycles. The van der Waals surface area contributed by atoms with Crippen molar-refractivity contribution in [2.75, 3.05) is 13.1 Å². The third-order valence-corrected chi connectivity index (χ3v) is 5.68. The first-order valence-corrected chi connectivity index (χ1v) is 8.10. The molecule has 1 fully saturated rings. The van der Waals surface area contributed by atoms with Gasteiger partial charge in [0.25, 0.3) is 0 Å².